The Balaban J connectivity index is 2.15. The number of benzene rings is 2. The highest BCUT2D eigenvalue weighted by molar-refractivity contribution is 5.94. The summed E-state index contributed by atoms with van der Waals surface area (Å²) < 4.78 is 35.1. The summed E-state index contributed by atoms with van der Waals surface area (Å²) in [6.07, 6.45) is 1.92. The van der Waals surface area contributed by atoms with Crippen LogP contribution in [0.3, 0.4) is 0 Å². The average molecular weight is 357 g/mol. The zero-order valence-electron chi connectivity index (χ0n) is 15.3. The predicted octanol–water partition coefficient (Wildman–Crippen LogP) is 5.93. The van der Waals surface area contributed by atoms with Gasteiger partial charge in [0.2, 0.25) is 0 Å². The lowest BCUT2D eigenvalue weighted by molar-refractivity contribution is 0.0544. The van der Waals surface area contributed by atoms with Gasteiger partial charge < -0.3 is 4.74 Å². The van der Waals surface area contributed by atoms with E-state index in [2.05, 4.69) is 0 Å². The molecule has 1 heterocycles. The minimum atomic E-state index is -0.617. The number of aryl methyl sites for hydroxylation is 1. The highest BCUT2D eigenvalue weighted by Crippen LogP contribution is 2.31. The summed E-state index contributed by atoms with van der Waals surface area (Å²) in [5.74, 6) is -1.23. The van der Waals surface area contributed by atoms with Crippen LogP contribution in [0.25, 0.3) is 22.0 Å². The third kappa shape index (κ3) is 3.34. The smallest absolute Gasteiger partial charge is 0.419 e. The van der Waals surface area contributed by atoms with E-state index < -0.39 is 23.3 Å². The van der Waals surface area contributed by atoms with Crippen molar-refractivity contribution in [2.24, 2.45) is 0 Å². The number of nitrogens with zero attached hydrogens (tertiary/aromatic N) is 1. The summed E-state index contributed by atoms with van der Waals surface area (Å²) in [7, 11) is 0. The fourth-order valence-corrected chi connectivity index (χ4v) is 2.97. The van der Waals surface area contributed by atoms with Crippen LogP contribution in [0.1, 0.15) is 33.3 Å². The van der Waals surface area contributed by atoms with Crippen molar-refractivity contribution in [3.63, 3.8) is 0 Å². The van der Waals surface area contributed by atoms with Crippen molar-refractivity contribution in [2.45, 2.75) is 39.7 Å². The molecule has 0 aliphatic carbocycles. The molecule has 1 aromatic heterocycles. The molecule has 136 valence electrons. The number of hydrogen-bond acceptors (Lipinski definition) is 2. The molecule has 0 aliphatic heterocycles. The van der Waals surface area contributed by atoms with E-state index in [1.807, 2.05) is 6.92 Å². The zero-order chi connectivity index (χ0) is 19.1. The zero-order valence-corrected chi connectivity index (χ0v) is 15.3. The molecule has 0 fully saturated rings. The quantitative estimate of drug-likeness (QED) is 0.569. The summed E-state index contributed by atoms with van der Waals surface area (Å²) in [5.41, 5.74) is 1.31. The van der Waals surface area contributed by atoms with Crippen LogP contribution in [-0.2, 0) is 11.2 Å². The van der Waals surface area contributed by atoms with Crippen molar-refractivity contribution in [3.8, 4) is 11.1 Å². The standard InChI is InChI=1S/C21H21F2NO2/c1-5-13-12-24(20(25)26-21(2,3)4)18-10-9-14(11-15(13)18)19-16(22)7-6-8-17(19)23/h6-12H,5H2,1-4H3. The molecule has 3 nitrogen and oxygen atoms in total. The Morgan fingerprint density at radius 2 is 1.77 bits per heavy atom. The summed E-state index contributed by atoms with van der Waals surface area (Å²) >= 11 is 0. The maximum Gasteiger partial charge on any atom is 0.419 e. The van der Waals surface area contributed by atoms with E-state index in [1.165, 1.54) is 22.8 Å². The van der Waals surface area contributed by atoms with Crippen molar-refractivity contribution in [1.82, 2.24) is 4.57 Å². The Morgan fingerprint density at radius 1 is 1.12 bits per heavy atom. The van der Waals surface area contributed by atoms with E-state index >= 15 is 0 Å². The third-order valence-electron chi connectivity index (χ3n) is 4.11. The number of aromatic nitrogens is 1. The van der Waals surface area contributed by atoms with E-state index in [0.29, 0.717) is 17.5 Å². The van der Waals surface area contributed by atoms with Gasteiger partial charge in [0, 0.05) is 11.6 Å². The first-order valence-corrected chi connectivity index (χ1v) is 8.53. The number of fused-ring (bicyclic) bond motifs is 1. The van der Waals surface area contributed by atoms with Gasteiger partial charge in [0.25, 0.3) is 0 Å². The first-order valence-electron chi connectivity index (χ1n) is 8.53. The molecule has 5 heteroatoms. The topological polar surface area (TPSA) is 31.2 Å². The highest BCUT2D eigenvalue weighted by atomic mass is 19.1. The van der Waals surface area contributed by atoms with Crippen molar-refractivity contribution in [3.05, 3.63) is 59.8 Å². The van der Waals surface area contributed by atoms with E-state index in [1.54, 1.807) is 45.2 Å². The number of ether oxygens (including phenoxy) is 1. The van der Waals surface area contributed by atoms with Gasteiger partial charge in [0.05, 0.1) is 11.1 Å². The minimum Gasteiger partial charge on any atom is -0.443 e. The van der Waals surface area contributed by atoms with Gasteiger partial charge in [-0.1, -0.05) is 19.1 Å². The van der Waals surface area contributed by atoms with Crippen molar-refractivity contribution < 1.29 is 18.3 Å². The molecular weight excluding hydrogens is 336 g/mol. The second-order valence-corrected chi connectivity index (χ2v) is 7.19. The molecule has 0 aliphatic rings. The van der Waals surface area contributed by atoms with E-state index in [9.17, 15) is 13.6 Å². The van der Waals surface area contributed by atoms with Crippen LogP contribution in [0, 0.1) is 11.6 Å². The Kier molecular flexibility index (Phi) is 4.57. The highest BCUT2D eigenvalue weighted by Gasteiger charge is 2.21. The Morgan fingerprint density at radius 3 is 2.35 bits per heavy atom. The monoisotopic (exact) mass is 357 g/mol. The number of carbonyl (C=O) groups is 1. The molecule has 0 N–H and O–H groups in total. The molecule has 26 heavy (non-hydrogen) atoms. The fourth-order valence-electron chi connectivity index (χ4n) is 2.97. The summed E-state index contributed by atoms with van der Waals surface area (Å²) in [5, 5.41) is 0.776. The van der Waals surface area contributed by atoms with Crippen molar-refractivity contribution in [1.29, 1.82) is 0 Å². The second kappa shape index (κ2) is 6.56. The molecule has 0 atom stereocenters. The average Bonchev–Trinajstić information content (AvgIpc) is 2.91. The van der Waals surface area contributed by atoms with Crippen LogP contribution in [0.4, 0.5) is 13.6 Å². The van der Waals surface area contributed by atoms with Gasteiger partial charge >= 0.3 is 6.09 Å². The van der Waals surface area contributed by atoms with Gasteiger partial charge in [-0.2, -0.15) is 0 Å². The Hall–Kier alpha value is -2.69. The summed E-state index contributed by atoms with van der Waals surface area (Å²) in [6, 6.07) is 8.83. The summed E-state index contributed by atoms with van der Waals surface area (Å²) in [6.45, 7) is 7.37. The normalized spacial score (nSPS) is 11.8. The Bertz CT molecular complexity index is 963. The third-order valence-corrected chi connectivity index (χ3v) is 4.11. The number of rotatable bonds is 2. The molecule has 2 aromatic carbocycles. The number of halogens is 2. The Labute approximate surface area is 151 Å². The van der Waals surface area contributed by atoms with Crippen LogP contribution in [0.2, 0.25) is 0 Å². The van der Waals surface area contributed by atoms with E-state index in [4.69, 9.17) is 4.74 Å². The molecule has 3 rings (SSSR count). The van der Waals surface area contributed by atoms with Crippen LogP contribution in [0.5, 0.6) is 0 Å². The molecule has 0 bridgehead atoms. The fraction of sp³-hybridized carbons (Fsp3) is 0.286. The lowest BCUT2D eigenvalue weighted by atomic mass is 10.0. The molecule has 0 saturated carbocycles. The number of carbonyl (C=O) groups excluding carboxylic acids is 1. The van der Waals surface area contributed by atoms with E-state index in [0.717, 1.165) is 10.9 Å². The lowest BCUT2D eigenvalue weighted by Crippen LogP contribution is -2.26. The number of hydrogen-bond donors (Lipinski definition) is 0. The summed E-state index contributed by atoms with van der Waals surface area (Å²) in [4.78, 5) is 12.5. The first-order chi connectivity index (χ1) is 12.2. The van der Waals surface area contributed by atoms with Crippen LogP contribution < -0.4 is 0 Å². The molecule has 0 unspecified atom stereocenters. The molecular formula is C21H21F2NO2. The molecule has 3 aromatic rings. The minimum absolute atomic E-state index is 0.0681. The van der Waals surface area contributed by atoms with Gasteiger partial charge in [-0.15, -0.1) is 0 Å². The largest absolute Gasteiger partial charge is 0.443 e. The molecule has 0 spiro atoms. The van der Waals surface area contributed by atoms with Gasteiger partial charge in [-0.05, 0) is 62.6 Å². The maximum atomic E-state index is 14.1. The molecule has 0 radical (unpaired) electrons. The predicted molar refractivity (Wildman–Crippen MR) is 98.3 cm³/mol. The van der Waals surface area contributed by atoms with E-state index in [-0.39, 0.29) is 5.56 Å². The van der Waals surface area contributed by atoms with Crippen LogP contribution in [-0.4, -0.2) is 16.3 Å². The van der Waals surface area contributed by atoms with Crippen molar-refractivity contribution >= 4 is 17.0 Å². The van der Waals surface area contributed by atoms with Crippen LogP contribution >= 0.6 is 0 Å². The first kappa shape index (κ1) is 18.1. The van der Waals surface area contributed by atoms with Gasteiger partial charge in [-0.3, -0.25) is 4.57 Å². The van der Waals surface area contributed by atoms with Gasteiger partial charge in [0.1, 0.15) is 17.2 Å². The van der Waals surface area contributed by atoms with Crippen LogP contribution in [0.15, 0.2) is 42.6 Å². The SMILES string of the molecule is CCc1cn(C(=O)OC(C)(C)C)c2ccc(-c3c(F)cccc3F)cc12. The second-order valence-electron chi connectivity index (χ2n) is 7.19. The van der Waals surface area contributed by atoms with Gasteiger partial charge in [-0.25, -0.2) is 13.6 Å². The maximum absolute atomic E-state index is 14.1. The van der Waals surface area contributed by atoms with Gasteiger partial charge in [0.15, 0.2) is 0 Å². The van der Waals surface area contributed by atoms with Crippen molar-refractivity contribution in [2.75, 3.05) is 0 Å². The molecule has 0 saturated heterocycles. The lowest BCUT2D eigenvalue weighted by Gasteiger charge is -2.19. The molecule has 0 amide bonds.